The molecule has 0 aliphatic rings. The lowest BCUT2D eigenvalue weighted by Crippen LogP contribution is -2.01. The molecular formula is C12H24N2. The lowest BCUT2D eigenvalue weighted by molar-refractivity contribution is 0.618. The molecule has 2 nitrogen and oxygen atoms in total. The molecule has 0 aliphatic carbocycles. The molecule has 0 atom stereocenters. The smallest absolute Gasteiger partial charge is 0.0624 e. The van der Waals surface area contributed by atoms with E-state index in [9.17, 15) is 0 Å². The lowest BCUT2D eigenvalue weighted by atomic mass is 10.3. The number of aryl methyl sites for hydroxylation is 3. The molecule has 0 N–H and O–H groups in total. The van der Waals surface area contributed by atoms with Gasteiger partial charge in [0.15, 0.2) is 0 Å². The predicted octanol–water partition coefficient (Wildman–Crippen LogP) is 3.44. The largest absolute Gasteiger partial charge is 0.270 e. The van der Waals surface area contributed by atoms with Crippen molar-refractivity contribution in [2.24, 2.45) is 0 Å². The first kappa shape index (κ1) is 13.2. The monoisotopic (exact) mass is 196 g/mol. The van der Waals surface area contributed by atoms with Gasteiger partial charge in [0.2, 0.25) is 0 Å². The summed E-state index contributed by atoms with van der Waals surface area (Å²) in [6.45, 7) is 11.7. The Hall–Kier alpha value is -0.790. The van der Waals surface area contributed by atoms with Crippen molar-refractivity contribution in [2.75, 3.05) is 0 Å². The molecule has 1 heterocycles. The Kier molecular flexibility index (Phi) is 7.17. The van der Waals surface area contributed by atoms with E-state index in [-0.39, 0.29) is 0 Å². The highest BCUT2D eigenvalue weighted by Gasteiger charge is 2.01. The van der Waals surface area contributed by atoms with Crippen molar-refractivity contribution < 1.29 is 0 Å². The Morgan fingerprint density at radius 2 is 1.64 bits per heavy atom. The van der Waals surface area contributed by atoms with Gasteiger partial charge in [-0.2, -0.15) is 5.10 Å². The average Bonchev–Trinajstić information content (AvgIpc) is 2.61. The van der Waals surface area contributed by atoms with Crippen molar-refractivity contribution in [3.8, 4) is 0 Å². The third-order valence-electron chi connectivity index (χ3n) is 1.94. The van der Waals surface area contributed by atoms with Gasteiger partial charge in [-0.1, -0.05) is 34.1 Å². The second kappa shape index (κ2) is 7.60. The molecule has 2 heteroatoms. The molecule has 0 aromatic carbocycles. The summed E-state index contributed by atoms with van der Waals surface area (Å²) in [6.07, 6.45) is 3.38. The minimum atomic E-state index is 0.989. The zero-order chi connectivity index (χ0) is 11.0. The molecule has 0 unspecified atom stereocenters. The Morgan fingerprint density at radius 1 is 1.07 bits per heavy atom. The molecule has 1 aromatic rings. The van der Waals surface area contributed by atoms with E-state index in [0.717, 1.165) is 19.4 Å². The van der Waals surface area contributed by atoms with E-state index in [2.05, 4.69) is 50.5 Å². The average molecular weight is 196 g/mol. The second-order valence-corrected chi connectivity index (χ2v) is 3.36. The van der Waals surface area contributed by atoms with Gasteiger partial charge in [-0.25, -0.2) is 0 Å². The zero-order valence-electron chi connectivity index (χ0n) is 10.3. The zero-order valence-corrected chi connectivity index (χ0v) is 10.3. The quantitative estimate of drug-likeness (QED) is 0.724. The molecule has 0 amide bonds. The maximum atomic E-state index is 4.43. The minimum Gasteiger partial charge on any atom is -0.270 e. The minimum absolute atomic E-state index is 0.989. The van der Waals surface area contributed by atoms with E-state index in [4.69, 9.17) is 0 Å². The van der Waals surface area contributed by atoms with Crippen LogP contribution in [0.1, 0.15) is 52.4 Å². The Labute approximate surface area is 88.3 Å². The van der Waals surface area contributed by atoms with Gasteiger partial charge in [-0.05, 0) is 25.8 Å². The van der Waals surface area contributed by atoms with Gasteiger partial charge >= 0.3 is 0 Å². The molecule has 1 rings (SSSR count). The lowest BCUT2D eigenvalue weighted by Gasteiger charge is -1.98. The van der Waals surface area contributed by atoms with Crippen molar-refractivity contribution in [3.63, 3.8) is 0 Å². The van der Waals surface area contributed by atoms with Crippen LogP contribution in [0, 0.1) is 0 Å². The molecule has 0 saturated carbocycles. The van der Waals surface area contributed by atoms with Crippen LogP contribution >= 0.6 is 0 Å². The number of aromatic nitrogens is 2. The molecule has 0 bridgehead atoms. The fourth-order valence-electron chi connectivity index (χ4n) is 1.25. The molecule has 0 saturated heterocycles. The van der Waals surface area contributed by atoms with Gasteiger partial charge in [-0.3, -0.25) is 4.68 Å². The molecule has 1 aromatic heterocycles. The van der Waals surface area contributed by atoms with Gasteiger partial charge < -0.3 is 0 Å². The summed E-state index contributed by atoms with van der Waals surface area (Å²) in [4.78, 5) is 0. The van der Waals surface area contributed by atoms with Gasteiger partial charge in [-0.15, -0.1) is 0 Å². The number of rotatable bonds is 3. The van der Waals surface area contributed by atoms with Crippen LogP contribution in [0.25, 0.3) is 0 Å². The van der Waals surface area contributed by atoms with Crippen LogP contribution in [0.3, 0.4) is 0 Å². The standard InChI is InChI=1S/C9H16N2.C3H8/c1-4-8-7-9(5-2)11(6-3)10-8;1-3-2/h7H,4-6H2,1-3H3;3H2,1-2H3. The van der Waals surface area contributed by atoms with Crippen LogP contribution in [0.2, 0.25) is 0 Å². The molecule has 0 aliphatic heterocycles. The van der Waals surface area contributed by atoms with Crippen LogP contribution in [-0.4, -0.2) is 9.78 Å². The van der Waals surface area contributed by atoms with E-state index in [1.54, 1.807) is 0 Å². The number of hydrogen-bond acceptors (Lipinski definition) is 1. The van der Waals surface area contributed by atoms with Gasteiger partial charge in [0.05, 0.1) is 5.69 Å². The maximum Gasteiger partial charge on any atom is 0.0624 e. The third kappa shape index (κ3) is 3.95. The summed E-state index contributed by atoms with van der Waals surface area (Å²) in [5, 5.41) is 4.43. The fourth-order valence-corrected chi connectivity index (χ4v) is 1.25. The fraction of sp³-hybridized carbons (Fsp3) is 0.750. The highest BCUT2D eigenvalue weighted by molar-refractivity contribution is 5.10. The third-order valence-corrected chi connectivity index (χ3v) is 1.94. The van der Waals surface area contributed by atoms with E-state index < -0.39 is 0 Å². The van der Waals surface area contributed by atoms with Crippen LogP contribution < -0.4 is 0 Å². The molecule has 0 radical (unpaired) electrons. The Bertz CT molecular complexity index is 217. The summed E-state index contributed by atoms with van der Waals surface area (Å²) in [6, 6.07) is 2.20. The molecule has 0 fully saturated rings. The van der Waals surface area contributed by atoms with Gasteiger partial charge in [0.1, 0.15) is 0 Å². The number of nitrogens with zero attached hydrogens (tertiary/aromatic N) is 2. The van der Waals surface area contributed by atoms with Crippen LogP contribution in [-0.2, 0) is 19.4 Å². The van der Waals surface area contributed by atoms with Crippen molar-refractivity contribution in [3.05, 3.63) is 17.5 Å². The normalized spacial score (nSPS) is 9.50. The van der Waals surface area contributed by atoms with Crippen LogP contribution in [0.5, 0.6) is 0 Å². The van der Waals surface area contributed by atoms with Gasteiger partial charge in [0, 0.05) is 12.2 Å². The summed E-state index contributed by atoms with van der Waals surface area (Å²) in [5.41, 5.74) is 2.56. The van der Waals surface area contributed by atoms with Crippen molar-refractivity contribution >= 4 is 0 Å². The number of hydrogen-bond donors (Lipinski definition) is 0. The van der Waals surface area contributed by atoms with Crippen molar-refractivity contribution in [1.82, 2.24) is 9.78 Å². The van der Waals surface area contributed by atoms with Gasteiger partial charge in [0.25, 0.3) is 0 Å². The van der Waals surface area contributed by atoms with Crippen LogP contribution in [0.15, 0.2) is 6.07 Å². The Morgan fingerprint density at radius 3 is 1.93 bits per heavy atom. The first-order chi connectivity index (χ1) is 6.73. The summed E-state index contributed by atoms with van der Waals surface area (Å²) in [5.74, 6) is 0. The molecule has 0 spiro atoms. The van der Waals surface area contributed by atoms with E-state index in [0.29, 0.717) is 0 Å². The summed E-state index contributed by atoms with van der Waals surface area (Å²) in [7, 11) is 0. The van der Waals surface area contributed by atoms with Crippen molar-refractivity contribution in [2.45, 2.75) is 60.4 Å². The second-order valence-electron chi connectivity index (χ2n) is 3.36. The molecular weight excluding hydrogens is 172 g/mol. The Balaban J connectivity index is 0.000000500. The highest BCUT2D eigenvalue weighted by atomic mass is 15.3. The first-order valence-corrected chi connectivity index (χ1v) is 5.78. The molecule has 14 heavy (non-hydrogen) atoms. The molecule has 82 valence electrons. The van der Waals surface area contributed by atoms with E-state index in [1.807, 2.05) is 0 Å². The van der Waals surface area contributed by atoms with E-state index >= 15 is 0 Å². The summed E-state index contributed by atoms with van der Waals surface area (Å²) >= 11 is 0. The predicted molar refractivity (Wildman–Crippen MR) is 62.6 cm³/mol. The summed E-state index contributed by atoms with van der Waals surface area (Å²) < 4.78 is 2.08. The maximum absolute atomic E-state index is 4.43. The first-order valence-electron chi connectivity index (χ1n) is 5.78. The van der Waals surface area contributed by atoms with E-state index in [1.165, 1.54) is 17.8 Å². The van der Waals surface area contributed by atoms with Crippen molar-refractivity contribution in [1.29, 1.82) is 0 Å². The highest BCUT2D eigenvalue weighted by Crippen LogP contribution is 2.05. The van der Waals surface area contributed by atoms with Crippen LogP contribution in [0.4, 0.5) is 0 Å². The topological polar surface area (TPSA) is 17.8 Å². The SMILES string of the molecule is CCC.CCc1cc(CC)n(CC)n1.